The van der Waals surface area contributed by atoms with Crippen molar-refractivity contribution < 1.29 is 4.79 Å². The van der Waals surface area contributed by atoms with Gasteiger partial charge in [-0.1, -0.05) is 18.2 Å². The molecule has 4 heteroatoms. The molecule has 1 fully saturated rings. The number of thioether (sulfide) groups is 1. The molecule has 1 heterocycles. The molecule has 0 unspecified atom stereocenters. The Morgan fingerprint density at radius 2 is 1.88 bits per heavy atom. The largest absolute Gasteiger partial charge is 0.351 e. The van der Waals surface area contributed by atoms with Crippen LogP contribution in [0.25, 0.3) is 0 Å². The summed E-state index contributed by atoms with van der Waals surface area (Å²) in [7, 11) is 0. The number of hydrogen-bond donors (Lipinski definition) is 1. The molecule has 0 spiro atoms. The van der Waals surface area contributed by atoms with Gasteiger partial charge in [-0.05, 0) is 25.0 Å². The number of benzene rings is 1. The second-order valence-corrected chi connectivity index (χ2v) is 5.33. The third kappa shape index (κ3) is 2.92. The summed E-state index contributed by atoms with van der Waals surface area (Å²) in [5.41, 5.74) is 5.25. The van der Waals surface area contributed by atoms with Crippen molar-refractivity contribution in [1.82, 2.24) is 4.90 Å². The van der Waals surface area contributed by atoms with E-state index in [0.717, 1.165) is 25.9 Å². The lowest BCUT2D eigenvalue weighted by molar-refractivity contribution is 0.197. The van der Waals surface area contributed by atoms with E-state index in [-0.39, 0.29) is 6.03 Å². The highest BCUT2D eigenvalue weighted by atomic mass is 32.2. The van der Waals surface area contributed by atoms with Crippen molar-refractivity contribution in [3.05, 3.63) is 30.3 Å². The number of hydrogen-bond acceptors (Lipinski definition) is 2. The Morgan fingerprint density at radius 3 is 2.44 bits per heavy atom. The summed E-state index contributed by atoms with van der Waals surface area (Å²) >= 11 is 1.90. The summed E-state index contributed by atoms with van der Waals surface area (Å²) in [6, 6.07) is 10.1. The van der Waals surface area contributed by atoms with E-state index in [0.29, 0.717) is 5.25 Å². The Bertz CT molecular complexity index is 347. The molecule has 0 aliphatic carbocycles. The van der Waals surface area contributed by atoms with Crippen molar-refractivity contribution in [2.45, 2.75) is 23.0 Å². The van der Waals surface area contributed by atoms with Gasteiger partial charge in [-0.15, -0.1) is 11.8 Å². The van der Waals surface area contributed by atoms with Crippen LogP contribution >= 0.6 is 11.8 Å². The third-order valence-corrected chi connectivity index (χ3v) is 4.15. The van der Waals surface area contributed by atoms with Crippen LogP contribution in [-0.4, -0.2) is 29.3 Å². The highest BCUT2D eigenvalue weighted by Crippen LogP contribution is 2.29. The van der Waals surface area contributed by atoms with Crippen molar-refractivity contribution in [3.8, 4) is 0 Å². The summed E-state index contributed by atoms with van der Waals surface area (Å²) < 4.78 is 0. The van der Waals surface area contributed by atoms with Crippen LogP contribution in [0.15, 0.2) is 35.2 Å². The fourth-order valence-corrected chi connectivity index (χ4v) is 3.03. The number of urea groups is 1. The average molecular weight is 236 g/mol. The number of primary amides is 1. The van der Waals surface area contributed by atoms with E-state index in [1.165, 1.54) is 4.90 Å². The lowest BCUT2D eigenvalue weighted by Gasteiger charge is -2.30. The van der Waals surface area contributed by atoms with E-state index < -0.39 is 0 Å². The Labute approximate surface area is 100.0 Å². The molecule has 2 amide bonds. The third-order valence-electron chi connectivity index (χ3n) is 2.80. The first-order valence-corrected chi connectivity index (χ1v) is 6.40. The number of carbonyl (C=O) groups excluding carboxylic acids is 1. The zero-order chi connectivity index (χ0) is 11.4. The SMILES string of the molecule is NC(=O)N1CCC(Sc2ccccc2)CC1. The fourth-order valence-electron chi connectivity index (χ4n) is 1.89. The number of likely N-dealkylation sites (tertiary alicyclic amines) is 1. The molecular formula is C12H16N2OS. The fraction of sp³-hybridized carbons (Fsp3) is 0.417. The van der Waals surface area contributed by atoms with Gasteiger partial charge in [0.25, 0.3) is 0 Å². The molecule has 2 rings (SSSR count). The van der Waals surface area contributed by atoms with Crippen molar-refractivity contribution in [2.24, 2.45) is 5.73 Å². The summed E-state index contributed by atoms with van der Waals surface area (Å²) in [4.78, 5) is 14.0. The van der Waals surface area contributed by atoms with Crippen LogP contribution in [0.1, 0.15) is 12.8 Å². The Hall–Kier alpha value is -1.16. The van der Waals surface area contributed by atoms with Gasteiger partial charge < -0.3 is 10.6 Å². The molecule has 86 valence electrons. The number of amides is 2. The zero-order valence-electron chi connectivity index (χ0n) is 9.13. The average Bonchev–Trinajstić information content (AvgIpc) is 2.31. The molecule has 1 aromatic carbocycles. The topological polar surface area (TPSA) is 46.3 Å². The monoisotopic (exact) mass is 236 g/mol. The molecule has 16 heavy (non-hydrogen) atoms. The summed E-state index contributed by atoms with van der Waals surface area (Å²) in [6.07, 6.45) is 2.06. The van der Waals surface area contributed by atoms with Crippen LogP contribution in [0, 0.1) is 0 Å². The van der Waals surface area contributed by atoms with E-state index in [4.69, 9.17) is 5.73 Å². The molecule has 1 aliphatic heterocycles. The first-order valence-electron chi connectivity index (χ1n) is 5.52. The summed E-state index contributed by atoms with van der Waals surface area (Å²) in [6.45, 7) is 1.58. The zero-order valence-corrected chi connectivity index (χ0v) is 9.95. The second kappa shape index (κ2) is 5.25. The van der Waals surface area contributed by atoms with Gasteiger partial charge in [0.1, 0.15) is 0 Å². The quantitative estimate of drug-likeness (QED) is 0.856. The molecule has 0 radical (unpaired) electrons. The highest BCUT2D eigenvalue weighted by molar-refractivity contribution is 8.00. The highest BCUT2D eigenvalue weighted by Gasteiger charge is 2.21. The van der Waals surface area contributed by atoms with Crippen molar-refractivity contribution in [2.75, 3.05) is 13.1 Å². The summed E-state index contributed by atoms with van der Waals surface area (Å²) in [5, 5.41) is 0.609. The minimum atomic E-state index is -0.289. The predicted octanol–water partition coefficient (Wildman–Crippen LogP) is 2.32. The first kappa shape index (κ1) is 11.3. The van der Waals surface area contributed by atoms with Crippen LogP contribution in [0.4, 0.5) is 4.79 Å². The smallest absolute Gasteiger partial charge is 0.314 e. The molecule has 1 saturated heterocycles. The summed E-state index contributed by atoms with van der Waals surface area (Å²) in [5.74, 6) is 0. The van der Waals surface area contributed by atoms with E-state index >= 15 is 0 Å². The maximum absolute atomic E-state index is 11.0. The normalized spacial score (nSPS) is 17.4. The van der Waals surface area contributed by atoms with Crippen molar-refractivity contribution >= 4 is 17.8 Å². The standard InChI is InChI=1S/C12H16N2OS/c13-12(15)14-8-6-11(7-9-14)16-10-4-2-1-3-5-10/h1-5,11H,6-9H2,(H2,13,15). The molecular weight excluding hydrogens is 220 g/mol. The van der Waals surface area contributed by atoms with Crippen LogP contribution in [-0.2, 0) is 0 Å². The van der Waals surface area contributed by atoms with E-state index in [1.807, 2.05) is 17.8 Å². The lowest BCUT2D eigenvalue weighted by Crippen LogP contribution is -2.42. The van der Waals surface area contributed by atoms with Gasteiger partial charge in [-0.2, -0.15) is 0 Å². The van der Waals surface area contributed by atoms with Crippen LogP contribution in [0.2, 0.25) is 0 Å². The van der Waals surface area contributed by atoms with Crippen LogP contribution in [0.3, 0.4) is 0 Å². The maximum Gasteiger partial charge on any atom is 0.314 e. The second-order valence-electron chi connectivity index (χ2n) is 3.96. The molecule has 2 N–H and O–H groups in total. The molecule has 0 aromatic heterocycles. The van der Waals surface area contributed by atoms with E-state index in [1.54, 1.807) is 4.90 Å². The molecule has 1 aliphatic rings. The van der Waals surface area contributed by atoms with Gasteiger partial charge in [0, 0.05) is 23.2 Å². The number of nitrogens with two attached hydrogens (primary N) is 1. The molecule has 3 nitrogen and oxygen atoms in total. The van der Waals surface area contributed by atoms with Crippen LogP contribution < -0.4 is 5.73 Å². The number of carbonyl (C=O) groups is 1. The van der Waals surface area contributed by atoms with Crippen molar-refractivity contribution in [1.29, 1.82) is 0 Å². The Balaban J connectivity index is 1.84. The van der Waals surface area contributed by atoms with Gasteiger partial charge in [0.05, 0.1) is 0 Å². The lowest BCUT2D eigenvalue weighted by atomic mass is 10.1. The minimum Gasteiger partial charge on any atom is -0.351 e. The predicted molar refractivity (Wildman–Crippen MR) is 66.5 cm³/mol. The first-order chi connectivity index (χ1) is 7.75. The molecule has 0 saturated carbocycles. The van der Waals surface area contributed by atoms with Gasteiger partial charge in [-0.25, -0.2) is 4.79 Å². The number of rotatable bonds is 2. The molecule has 0 atom stereocenters. The Kier molecular flexibility index (Phi) is 3.72. The Morgan fingerprint density at radius 1 is 1.25 bits per heavy atom. The number of piperidine rings is 1. The maximum atomic E-state index is 11.0. The van der Waals surface area contributed by atoms with Gasteiger partial charge >= 0.3 is 6.03 Å². The number of nitrogens with zero attached hydrogens (tertiary/aromatic N) is 1. The van der Waals surface area contributed by atoms with Crippen LogP contribution in [0.5, 0.6) is 0 Å². The van der Waals surface area contributed by atoms with Gasteiger partial charge in [0.2, 0.25) is 0 Å². The van der Waals surface area contributed by atoms with Gasteiger partial charge in [0.15, 0.2) is 0 Å². The minimum absolute atomic E-state index is 0.289. The molecule has 1 aromatic rings. The molecule has 0 bridgehead atoms. The van der Waals surface area contributed by atoms with Crippen molar-refractivity contribution in [3.63, 3.8) is 0 Å². The van der Waals surface area contributed by atoms with E-state index in [9.17, 15) is 4.79 Å². The van der Waals surface area contributed by atoms with Gasteiger partial charge in [-0.3, -0.25) is 0 Å². The van der Waals surface area contributed by atoms with E-state index in [2.05, 4.69) is 24.3 Å².